The fourth-order valence-electron chi connectivity index (χ4n) is 2.84. The zero-order valence-corrected chi connectivity index (χ0v) is 16.7. The van der Waals surface area contributed by atoms with Gasteiger partial charge >= 0.3 is 0 Å². The molecule has 0 aliphatic carbocycles. The van der Waals surface area contributed by atoms with E-state index in [1.165, 1.54) is 0 Å². The number of nitrogens with zero attached hydrogens (tertiary/aromatic N) is 2. The normalized spacial score (nSPS) is 20.4. The molecule has 0 bridgehead atoms. The zero-order chi connectivity index (χ0) is 18.8. The van der Waals surface area contributed by atoms with Crippen molar-refractivity contribution in [1.82, 2.24) is 15.5 Å². The Bertz CT molecular complexity index is 569. The maximum atomic E-state index is 5.84. The third kappa shape index (κ3) is 7.22. The molecule has 1 heterocycles. The number of aliphatic imine (C=N–C) groups is 1. The van der Waals surface area contributed by atoms with Gasteiger partial charge in [0.2, 0.25) is 0 Å². The van der Waals surface area contributed by atoms with E-state index < -0.39 is 0 Å². The lowest BCUT2D eigenvalue weighted by atomic mass is 10.0. The van der Waals surface area contributed by atoms with Crippen molar-refractivity contribution in [3.05, 3.63) is 29.8 Å². The smallest absolute Gasteiger partial charge is 0.191 e. The van der Waals surface area contributed by atoms with Gasteiger partial charge in [0.25, 0.3) is 0 Å². The van der Waals surface area contributed by atoms with E-state index in [2.05, 4.69) is 41.5 Å². The summed E-state index contributed by atoms with van der Waals surface area (Å²) in [5.41, 5.74) is 1.05. The molecular weight excluding hydrogens is 328 g/mol. The molecule has 0 amide bonds. The molecule has 0 radical (unpaired) electrons. The van der Waals surface area contributed by atoms with Crippen LogP contribution in [0.25, 0.3) is 0 Å². The predicted molar refractivity (Wildman–Crippen MR) is 107 cm³/mol. The predicted octanol–water partition coefficient (Wildman–Crippen LogP) is 2.25. The van der Waals surface area contributed by atoms with Crippen LogP contribution in [0, 0.1) is 0 Å². The highest BCUT2D eigenvalue weighted by Gasteiger charge is 2.29. The van der Waals surface area contributed by atoms with E-state index in [4.69, 9.17) is 14.5 Å². The first-order valence-electron chi connectivity index (χ1n) is 9.53. The molecule has 0 spiro atoms. The standard InChI is InChI=1S/C20H34N4O2/c1-5-21-19(23-16-20(2)10-7-12-26-20)22-15-17-8-6-9-18(14-17)25-13-11-24(3)4/h6,8-9,14H,5,7,10-13,15-16H2,1-4H3,(H2,21,22,23). The van der Waals surface area contributed by atoms with Gasteiger partial charge in [-0.3, -0.25) is 0 Å². The average molecular weight is 363 g/mol. The molecule has 0 aromatic heterocycles. The molecule has 1 aromatic carbocycles. The monoisotopic (exact) mass is 362 g/mol. The van der Waals surface area contributed by atoms with Crippen molar-refractivity contribution in [1.29, 1.82) is 0 Å². The molecule has 2 rings (SSSR count). The van der Waals surface area contributed by atoms with Gasteiger partial charge in [-0.25, -0.2) is 4.99 Å². The van der Waals surface area contributed by atoms with Crippen molar-refractivity contribution in [3.63, 3.8) is 0 Å². The Morgan fingerprint density at radius 2 is 2.19 bits per heavy atom. The minimum atomic E-state index is -0.0869. The number of hydrogen-bond acceptors (Lipinski definition) is 4. The Morgan fingerprint density at radius 1 is 1.35 bits per heavy atom. The summed E-state index contributed by atoms with van der Waals surface area (Å²) in [5, 5.41) is 6.71. The van der Waals surface area contributed by atoms with E-state index in [1.54, 1.807) is 0 Å². The van der Waals surface area contributed by atoms with Gasteiger partial charge < -0.3 is 25.0 Å². The minimum absolute atomic E-state index is 0.0869. The van der Waals surface area contributed by atoms with Gasteiger partial charge in [0.1, 0.15) is 12.4 Å². The number of likely N-dealkylation sites (N-methyl/N-ethyl adjacent to an activating group) is 1. The van der Waals surface area contributed by atoms with E-state index >= 15 is 0 Å². The van der Waals surface area contributed by atoms with Gasteiger partial charge in [-0.2, -0.15) is 0 Å². The quantitative estimate of drug-likeness (QED) is 0.521. The number of benzene rings is 1. The molecule has 26 heavy (non-hydrogen) atoms. The molecule has 1 atom stereocenters. The van der Waals surface area contributed by atoms with Crippen molar-refractivity contribution in [2.45, 2.75) is 38.8 Å². The molecule has 1 aliphatic rings. The van der Waals surface area contributed by atoms with Crippen LogP contribution < -0.4 is 15.4 Å². The summed E-state index contributed by atoms with van der Waals surface area (Å²) in [7, 11) is 4.08. The minimum Gasteiger partial charge on any atom is -0.492 e. The van der Waals surface area contributed by atoms with Crippen LogP contribution in [-0.4, -0.2) is 63.4 Å². The van der Waals surface area contributed by atoms with Crippen LogP contribution in [0.4, 0.5) is 0 Å². The van der Waals surface area contributed by atoms with Crippen molar-refractivity contribution in [2.75, 3.05) is 46.9 Å². The highest BCUT2D eigenvalue weighted by Crippen LogP contribution is 2.23. The van der Waals surface area contributed by atoms with Gasteiger partial charge in [0.15, 0.2) is 5.96 Å². The summed E-state index contributed by atoms with van der Waals surface area (Å²) >= 11 is 0. The second-order valence-electron chi connectivity index (χ2n) is 7.25. The Morgan fingerprint density at radius 3 is 2.88 bits per heavy atom. The van der Waals surface area contributed by atoms with E-state index in [1.807, 2.05) is 26.2 Å². The maximum Gasteiger partial charge on any atom is 0.191 e. The molecule has 6 heteroatoms. The molecule has 6 nitrogen and oxygen atoms in total. The van der Waals surface area contributed by atoms with Gasteiger partial charge in [-0.1, -0.05) is 12.1 Å². The number of ether oxygens (including phenoxy) is 2. The van der Waals surface area contributed by atoms with Crippen LogP contribution in [0.3, 0.4) is 0 Å². The second kappa shape index (κ2) is 10.4. The first-order chi connectivity index (χ1) is 12.5. The van der Waals surface area contributed by atoms with E-state index in [-0.39, 0.29) is 5.60 Å². The van der Waals surface area contributed by atoms with Crippen molar-refractivity contribution < 1.29 is 9.47 Å². The van der Waals surface area contributed by atoms with Gasteiger partial charge in [0.05, 0.1) is 12.1 Å². The van der Waals surface area contributed by atoms with Crippen molar-refractivity contribution >= 4 is 5.96 Å². The molecule has 1 fully saturated rings. The largest absolute Gasteiger partial charge is 0.492 e. The Hall–Kier alpha value is -1.79. The number of hydrogen-bond donors (Lipinski definition) is 2. The summed E-state index contributed by atoms with van der Waals surface area (Å²) in [4.78, 5) is 6.81. The second-order valence-corrected chi connectivity index (χ2v) is 7.25. The lowest BCUT2D eigenvalue weighted by Gasteiger charge is -2.24. The van der Waals surface area contributed by atoms with Crippen LogP contribution in [0.5, 0.6) is 5.75 Å². The van der Waals surface area contributed by atoms with Crippen LogP contribution in [0.1, 0.15) is 32.3 Å². The van der Waals surface area contributed by atoms with E-state index in [0.29, 0.717) is 13.2 Å². The van der Waals surface area contributed by atoms with E-state index in [0.717, 1.165) is 56.4 Å². The summed E-state index contributed by atoms with van der Waals surface area (Å²) in [6.07, 6.45) is 2.22. The molecule has 146 valence electrons. The lowest BCUT2D eigenvalue weighted by Crippen LogP contribution is -2.45. The number of nitrogens with one attached hydrogen (secondary N) is 2. The third-order valence-corrected chi connectivity index (χ3v) is 4.40. The third-order valence-electron chi connectivity index (χ3n) is 4.40. The highest BCUT2D eigenvalue weighted by molar-refractivity contribution is 5.79. The Balaban J connectivity index is 1.89. The van der Waals surface area contributed by atoms with Gasteiger partial charge in [-0.15, -0.1) is 0 Å². The molecule has 1 unspecified atom stereocenters. The van der Waals surface area contributed by atoms with Crippen molar-refractivity contribution in [3.8, 4) is 5.75 Å². The highest BCUT2D eigenvalue weighted by atomic mass is 16.5. The van der Waals surface area contributed by atoms with Gasteiger partial charge in [-0.05, 0) is 58.5 Å². The average Bonchev–Trinajstić information content (AvgIpc) is 3.04. The van der Waals surface area contributed by atoms with E-state index in [9.17, 15) is 0 Å². The fourth-order valence-corrected chi connectivity index (χ4v) is 2.84. The fraction of sp³-hybridized carbons (Fsp3) is 0.650. The number of guanidine groups is 1. The summed E-state index contributed by atoms with van der Waals surface area (Å²) in [6, 6.07) is 8.14. The Labute approximate surface area is 158 Å². The molecule has 2 N–H and O–H groups in total. The first kappa shape index (κ1) is 20.5. The summed E-state index contributed by atoms with van der Waals surface area (Å²) in [6.45, 7) is 8.88. The maximum absolute atomic E-state index is 5.84. The topological polar surface area (TPSA) is 58.1 Å². The van der Waals surface area contributed by atoms with Crippen LogP contribution >= 0.6 is 0 Å². The van der Waals surface area contributed by atoms with Crippen molar-refractivity contribution in [2.24, 2.45) is 4.99 Å². The van der Waals surface area contributed by atoms with Crippen LogP contribution in [-0.2, 0) is 11.3 Å². The molecular formula is C20H34N4O2. The molecule has 0 saturated carbocycles. The number of rotatable bonds is 9. The molecule has 1 aromatic rings. The summed E-state index contributed by atoms with van der Waals surface area (Å²) < 4.78 is 11.6. The van der Waals surface area contributed by atoms with Crippen LogP contribution in [0.2, 0.25) is 0 Å². The van der Waals surface area contributed by atoms with Crippen LogP contribution in [0.15, 0.2) is 29.3 Å². The van der Waals surface area contributed by atoms with Gasteiger partial charge in [0, 0.05) is 26.2 Å². The lowest BCUT2D eigenvalue weighted by molar-refractivity contribution is 0.0243. The first-order valence-corrected chi connectivity index (χ1v) is 9.53. The molecule has 1 aliphatic heterocycles. The Kier molecular flexibility index (Phi) is 8.19. The molecule has 1 saturated heterocycles. The SMILES string of the molecule is CCNC(=NCc1cccc(OCCN(C)C)c1)NCC1(C)CCCO1. The zero-order valence-electron chi connectivity index (χ0n) is 16.7. The summed E-state index contributed by atoms with van der Waals surface area (Å²) in [5.74, 6) is 1.72.